The second-order valence-electron chi connectivity index (χ2n) is 2.53. The van der Waals surface area contributed by atoms with E-state index in [1.807, 2.05) is 6.92 Å². The molecule has 0 fully saturated rings. The Hall–Kier alpha value is -0.940. The molecule has 76 valence electrons. The number of hydrogen-bond acceptors (Lipinski definition) is 4. The first-order valence-electron chi connectivity index (χ1n) is 3.92. The molecular weight excluding hydrogens is 224 g/mol. The van der Waals surface area contributed by atoms with Gasteiger partial charge in [0.25, 0.3) is 5.69 Å². The van der Waals surface area contributed by atoms with Crippen LogP contribution in [0.15, 0.2) is 17.0 Å². The first kappa shape index (κ1) is 11.1. The van der Waals surface area contributed by atoms with Crippen molar-refractivity contribution in [3.63, 3.8) is 0 Å². The minimum atomic E-state index is -0.455. The number of benzene rings is 1. The summed E-state index contributed by atoms with van der Waals surface area (Å²) in [4.78, 5) is 10.8. The number of thioether (sulfide) groups is 1. The fourth-order valence-electron chi connectivity index (χ4n) is 0.972. The van der Waals surface area contributed by atoms with Crippen LogP contribution in [-0.2, 0) is 0 Å². The Morgan fingerprint density at radius 1 is 1.64 bits per heavy atom. The molecule has 0 radical (unpaired) electrons. The highest BCUT2D eigenvalue weighted by Crippen LogP contribution is 2.35. The summed E-state index contributed by atoms with van der Waals surface area (Å²) in [6.45, 7) is 1.92. The van der Waals surface area contributed by atoms with Crippen LogP contribution in [0.3, 0.4) is 0 Å². The third kappa shape index (κ3) is 2.30. The van der Waals surface area contributed by atoms with Crippen molar-refractivity contribution in [2.75, 3.05) is 11.5 Å². The molecule has 0 saturated carbocycles. The Morgan fingerprint density at radius 2 is 2.29 bits per heavy atom. The normalized spacial score (nSPS) is 10.1. The van der Waals surface area contributed by atoms with E-state index in [4.69, 9.17) is 17.3 Å². The molecule has 0 unspecified atom stereocenters. The van der Waals surface area contributed by atoms with E-state index in [1.165, 1.54) is 23.9 Å². The molecule has 0 atom stereocenters. The topological polar surface area (TPSA) is 69.2 Å². The van der Waals surface area contributed by atoms with E-state index in [1.54, 1.807) is 0 Å². The molecule has 0 amide bonds. The first-order chi connectivity index (χ1) is 6.56. The van der Waals surface area contributed by atoms with Crippen LogP contribution in [-0.4, -0.2) is 10.7 Å². The summed E-state index contributed by atoms with van der Waals surface area (Å²) in [5.41, 5.74) is 5.93. The quantitative estimate of drug-likeness (QED) is 0.377. The summed E-state index contributed by atoms with van der Waals surface area (Å²) in [5, 5.41) is 10.9. The number of nitrogen functional groups attached to an aromatic ring is 1. The Balaban J connectivity index is 3.24. The smallest absolute Gasteiger partial charge is 0.284 e. The van der Waals surface area contributed by atoms with Gasteiger partial charge >= 0.3 is 0 Å². The van der Waals surface area contributed by atoms with Crippen molar-refractivity contribution >= 4 is 34.7 Å². The van der Waals surface area contributed by atoms with E-state index in [0.29, 0.717) is 10.6 Å². The summed E-state index contributed by atoms with van der Waals surface area (Å²) in [6, 6.07) is 2.82. The number of nitro groups is 1. The Labute approximate surface area is 90.6 Å². The zero-order chi connectivity index (χ0) is 10.7. The molecule has 0 spiro atoms. The van der Waals surface area contributed by atoms with Gasteiger partial charge in [-0.05, 0) is 11.8 Å². The summed E-state index contributed by atoms with van der Waals surface area (Å²) in [5.74, 6) is 0.752. The van der Waals surface area contributed by atoms with E-state index in [2.05, 4.69) is 0 Å². The summed E-state index contributed by atoms with van der Waals surface area (Å²) in [7, 11) is 0. The fraction of sp³-hybridized carbons (Fsp3) is 0.250. The largest absolute Gasteiger partial charge is 0.397 e. The van der Waals surface area contributed by atoms with Crippen LogP contribution >= 0.6 is 23.4 Å². The zero-order valence-corrected chi connectivity index (χ0v) is 9.06. The molecule has 0 aliphatic heterocycles. The molecular formula is C8H9ClN2O2S. The number of nitro benzene ring substituents is 1. The molecule has 0 aromatic heterocycles. The molecule has 1 rings (SSSR count). The van der Waals surface area contributed by atoms with Gasteiger partial charge in [-0.3, -0.25) is 10.1 Å². The number of nitrogens with two attached hydrogens (primary N) is 1. The molecule has 1 aromatic rings. The third-order valence-corrected chi connectivity index (χ3v) is 2.83. The Bertz CT molecular complexity index is 371. The van der Waals surface area contributed by atoms with E-state index in [0.717, 1.165) is 5.75 Å². The van der Waals surface area contributed by atoms with Crippen molar-refractivity contribution in [3.8, 4) is 0 Å². The van der Waals surface area contributed by atoms with Crippen LogP contribution in [0.4, 0.5) is 11.4 Å². The molecule has 6 heteroatoms. The lowest BCUT2D eigenvalue weighted by molar-refractivity contribution is -0.387. The maximum atomic E-state index is 10.7. The Kier molecular flexibility index (Phi) is 3.60. The van der Waals surface area contributed by atoms with Crippen molar-refractivity contribution in [1.29, 1.82) is 0 Å². The van der Waals surface area contributed by atoms with Gasteiger partial charge in [-0.15, -0.1) is 11.8 Å². The highest BCUT2D eigenvalue weighted by atomic mass is 35.5. The lowest BCUT2D eigenvalue weighted by atomic mass is 10.3. The fourth-order valence-corrected chi connectivity index (χ4v) is 1.93. The van der Waals surface area contributed by atoms with Gasteiger partial charge < -0.3 is 5.73 Å². The van der Waals surface area contributed by atoms with Crippen molar-refractivity contribution in [1.82, 2.24) is 0 Å². The highest BCUT2D eigenvalue weighted by Gasteiger charge is 2.16. The summed E-state index contributed by atoms with van der Waals surface area (Å²) >= 11 is 7.06. The van der Waals surface area contributed by atoms with Gasteiger partial charge in [0, 0.05) is 6.07 Å². The highest BCUT2D eigenvalue weighted by molar-refractivity contribution is 7.99. The van der Waals surface area contributed by atoms with Gasteiger partial charge in [-0.1, -0.05) is 18.5 Å². The molecule has 0 aliphatic rings. The third-order valence-electron chi connectivity index (χ3n) is 1.57. The number of rotatable bonds is 3. The van der Waals surface area contributed by atoms with Crippen LogP contribution in [0, 0.1) is 10.1 Å². The zero-order valence-electron chi connectivity index (χ0n) is 7.49. The van der Waals surface area contributed by atoms with Crippen molar-refractivity contribution in [2.24, 2.45) is 0 Å². The SMILES string of the molecule is CCSc1cc(N)c(Cl)cc1[N+](=O)[O-]. The van der Waals surface area contributed by atoms with E-state index in [-0.39, 0.29) is 10.7 Å². The molecule has 2 N–H and O–H groups in total. The molecule has 0 heterocycles. The predicted octanol–water partition coefficient (Wildman–Crippen LogP) is 2.94. The first-order valence-corrected chi connectivity index (χ1v) is 5.28. The van der Waals surface area contributed by atoms with E-state index < -0.39 is 4.92 Å². The maximum Gasteiger partial charge on any atom is 0.284 e. The van der Waals surface area contributed by atoms with Crippen LogP contribution in [0.1, 0.15) is 6.92 Å². The van der Waals surface area contributed by atoms with E-state index >= 15 is 0 Å². The maximum absolute atomic E-state index is 10.7. The predicted molar refractivity (Wildman–Crippen MR) is 58.9 cm³/mol. The van der Waals surface area contributed by atoms with Crippen LogP contribution < -0.4 is 5.73 Å². The number of anilines is 1. The number of halogens is 1. The van der Waals surface area contributed by atoms with Crippen molar-refractivity contribution in [2.45, 2.75) is 11.8 Å². The van der Waals surface area contributed by atoms with Gasteiger partial charge in [-0.25, -0.2) is 0 Å². The van der Waals surface area contributed by atoms with Crippen LogP contribution in [0.25, 0.3) is 0 Å². The summed E-state index contributed by atoms with van der Waals surface area (Å²) < 4.78 is 0. The van der Waals surface area contributed by atoms with Gasteiger partial charge in [0.15, 0.2) is 0 Å². The monoisotopic (exact) mass is 232 g/mol. The van der Waals surface area contributed by atoms with E-state index in [9.17, 15) is 10.1 Å². The number of nitrogens with zero attached hydrogens (tertiary/aromatic N) is 1. The lowest BCUT2D eigenvalue weighted by Crippen LogP contribution is -1.94. The minimum Gasteiger partial charge on any atom is -0.397 e. The van der Waals surface area contributed by atoms with Gasteiger partial charge in [0.05, 0.1) is 20.5 Å². The average molecular weight is 233 g/mol. The molecule has 14 heavy (non-hydrogen) atoms. The van der Waals surface area contributed by atoms with Gasteiger partial charge in [0.2, 0.25) is 0 Å². The molecule has 0 aliphatic carbocycles. The summed E-state index contributed by atoms with van der Waals surface area (Å²) in [6.07, 6.45) is 0. The molecule has 1 aromatic carbocycles. The van der Waals surface area contributed by atoms with Crippen LogP contribution in [0.5, 0.6) is 0 Å². The standard InChI is InChI=1S/C8H9ClN2O2S/c1-2-14-8-4-6(10)5(9)3-7(8)11(12)13/h3-4H,2,10H2,1H3. The second-order valence-corrected chi connectivity index (χ2v) is 4.24. The minimum absolute atomic E-state index is 0.0102. The average Bonchev–Trinajstić information content (AvgIpc) is 2.11. The second kappa shape index (κ2) is 4.52. The lowest BCUT2D eigenvalue weighted by Gasteiger charge is -2.03. The van der Waals surface area contributed by atoms with Gasteiger partial charge in [0.1, 0.15) is 0 Å². The Morgan fingerprint density at radius 3 is 2.79 bits per heavy atom. The molecule has 0 bridgehead atoms. The van der Waals surface area contributed by atoms with Crippen molar-refractivity contribution < 1.29 is 4.92 Å². The number of hydrogen-bond donors (Lipinski definition) is 1. The van der Waals surface area contributed by atoms with Gasteiger partial charge in [-0.2, -0.15) is 0 Å². The van der Waals surface area contributed by atoms with Crippen molar-refractivity contribution in [3.05, 3.63) is 27.3 Å². The van der Waals surface area contributed by atoms with Crippen LogP contribution in [0.2, 0.25) is 5.02 Å². The molecule has 0 saturated heterocycles. The molecule has 4 nitrogen and oxygen atoms in total.